The number of likely N-dealkylation sites (tertiary alicyclic amines) is 1. The summed E-state index contributed by atoms with van der Waals surface area (Å²) in [4.78, 5) is 26.9. The van der Waals surface area contributed by atoms with Crippen LogP contribution in [0.25, 0.3) is 0 Å². The first-order chi connectivity index (χ1) is 13.5. The van der Waals surface area contributed by atoms with E-state index in [1.54, 1.807) is 0 Å². The van der Waals surface area contributed by atoms with Crippen LogP contribution in [0.1, 0.15) is 24.0 Å². The van der Waals surface area contributed by atoms with Gasteiger partial charge in [0.15, 0.2) is 0 Å². The van der Waals surface area contributed by atoms with Crippen molar-refractivity contribution in [2.45, 2.75) is 31.2 Å². The second-order valence-electron chi connectivity index (χ2n) is 7.32. The molecule has 0 saturated carbocycles. The molecule has 3 N–H and O–H groups in total. The largest absolute Gasteiger partial charge is 0.369 e. The van der Waals surface area contributed by atoms with Crippen LogP contribution in [0, 0.1) is 12.8 Å². The third-order valence-electron chi connectivity index (χ3n) is 4.94. The lowest BCUT2D eigenvalue weighted by molar-refractivity contribution is -0.123. The van der Waals surface area contributed by atoms with Crippen molar-refractivity contribution in [3.8, 4) is 0 Å². The number of nitrogens with one attached hydrogen (secondary N) is 1. The van der Waals surface area contributed by atoms with Gasteiger partial charge in [-0.3, -0.25) is 14.5 Å². The molecule has 6 heteroatoms. The van der Waals surface area contributed by atoms with Crippen molar-refractivity contribution in [2.24, 2.45) is 11.7 Å². The molecule has 0 aromatic heterocycles. The van der Waals surface area contributed by atoms with E-state index < -0.39 is 0 Å². The molecule has 1 atom stereocenters. The Morgan fingerprint density at radius 3 is 2.54 bits per heavy atom. The molecule has 1 saturated heterocycles. The Bertz CT molecular complexity index is 806. The van der Waals surface area contributed by atoms with E-state index >= 15 is 0 Å². The van der Waals surface area contributed by atoms with E-state index in [0.717, 1.165) is 48.6 Å². The number of rotatable bonds is 7. The van der Waals surface area contributed by atoms with Crippen LogP contribution in [-0.4, -0.2) is 35.6 Å². The zero-order valence-corrected chi connectivity index (χ0v) is 17.0. The van der Waals surface area contributed by atoms with Gasteiger partial charge in [0, 0.05) is 23.7 Å². The maximum atomic E-state index is 12.2. The van der Waals surface area contributed by atoms with Crippen molar-refractivity contribution in [3.05, 3.63) is 59.7 Å². The number of carbonyl (C=O) groups is 2. The van der Waals surface area contributed by atoms with Crippen LogP contribution < -0.4 is 11.1 Å². The van der Waals surface area contributed by atoms with Crippen molar-refractivity contribution in [1.82, 2.24) is 4.90 Å². The molecule has 0 aliphatic carbocycles. The molecule has 0 radical (unpaired) electrons. The molecule has 2 aromatic carbocycles. The number of amides is 2. The number of anilines is 1. The van der Waals surface area contributed by atoms with Crippen molar-refractivity contribution in [2.75, 3.05) is 24.2 Å². The first-order valence-corrected chi connectivity index (χ1v) is 10.6. The third kappa shape index (κ3) is 6.11. The first-order valence-electron chi connectivity index (χ1n) is 9.59. The van der Waals surface area contributed by atoms with Gasteiger partial charge in [0.2, 0.25) is 11.8 Å². The van der Waals surface area contributed by atoms with Crippen LogP contribution in [0.5, 0.6) is 0 Å². The lowest BCUT2D eigenvalue weighted by atomic mass is 9.97. The van der Waals surface area contributed by atoms with E-state index in [1.807, 2.05) is 55.5 Å². The summed E-state index contributed by atoms with van der Waals surface area (Å²) in [5.41, 5.74) is 8.62. The Hall–Kier alpha value is -2.31. The second kappa shape index (κ2) is 9.75. The number of hydrogen-bond acceptors (Lipinski definition) is 4. The Morgan fingerprint density at radius 1 is 1.14 bits per heavy atom. The van der Waals surface area contributed by atoms with Crippen molar-refractivity contribution in [1.29, 1.82) is 0 Å². The fourth-order valence-corrected chi connectivity index (χ4v) is 4.06. The topological polar surface area (TPSA) is 75.4 Å². The summed E-state index contributed by atoms with van der Waals surface area (Å²) in [5.74, 6) is 0.121. The van der Waals surface area contributed by atoms with E-state index in [2.05, 4.69) is 10.2 Å². The highest BCUT2D eigenvalue weighted by atomic mass is 32.2. The van der Waals surface area contributed by atoms with Crippen molar-refractivity contribution in [3.63, 3.8) is 0 Å². The monoisotopic (exact) mass is 397 g/mol. The molecule has 5 nitrogen and oxygen atoms in total. The summed E-state index contributed by atoms with van der Waals surface area (Å²) in [6, 6.07) is 16.1. The van der Waals surface area contributed by atoms with Gasteiger partial charge in [0.1, 0.15) is 0 Å². The SMILES string of the molecule is Cc1ccc(SCC(=O)Nc2ccc(CN3CCCC(C(N)=O)C3)cc2)cc1. The van der Waals surface area contributed by atoms with Crippen LogP contribution in [0.15, 0.2) is 53.4 Å². The van der Waals surface area contributed by atoms with Crippen LogP contribution in [-0.2, 0) is 16.1 Å². The van der Waals surface area contributed by atoms with Crippen LogP contribution >= 0.6 is 11.8 Å². The molecule has 0 bridgehead atoms. The number of carbonyl (C=O) groups excluding carboxylic acids is 2. The number of aryl methyl sites for hydroxylation is 1. The highest BCUT2D eigenvalue weighted by Gasteiger charge is 2.23. The summed E-state index contributed by atoms with van der Waals surface area (Å²) in [5, 5.41) is 2.94. The van der Waals surface area contributed by atoms with Gasteiger partial charge in [0.05, 0.1) is 11.7 Å². The minimum atomic E-state index is -0.203. The highest BCUT2D eigenvalue weighted by molar-refractivity contribution is 8.00. The van der Waals surface area contributed by atoms with Gasteiger partial charge >= 0.3 is 0 Å². The number of piperidine rings is 1. The van der Waals surface area contributed by atoms with Gasteiger partial charge in [-0.2, -0.15) is 0 Å². The van der Waals surface area contributed by atoms with Gasteiger partial charge < -0.3 is 11.1 Å². The minimum absolute atomic E-state index is 0.0151. The minimum Gasteiger partial charge on any atom is -0.369 e. The molecule has 1 fully saturated rings. The standard InChI is InChI=1S/C22H27N3O2S/c1-16-4-10-20(11-5-16)28-15-21(26)24-19-8-6-17(7-9-19)13-25-12-2-3-18(14-25)22(23)27/h4-11,18H,2-3,12-15H2,1H3,(H2,23,27)(H,24,26). The maximum absolute atomic E-state index is 12.2. The normalized spacial score (nSPS) is 17.2. The third-order valence-corrected chi connectivity index (χ3v) is 5.95. The fourth-order valence-electron chi connectivity index (χ4n) is 3.36. The zero-order chi connectivity index (χ0) is 19.9. The van der Waals surface area contributed by atoms with Crippen LogP contribution in [0.4, 0.5) is 5.69 Å². The van der Waals surface area contributed by atoms with E-state index in [-0.39, 0.29) is 17.7 Å². The number of hydrogen-bond donors (Lipinski definition) is 2. The molecule has 1 aliphatic rings. The smallest absolute Gasteiger partial charge is 0.234 e. The Balaban J connectivity index is 1.46. The predicted octanol–water partition coefficient (Wildman–Crippen LogP) is 3.42. The lowest BCUT2D eigenvalue weighted by Gasteiger charge is -2.31. The molecule has 0 spiro atoms. The van der Waals surface area contributed by atoms with E-state index in [0.29, 0.717) is 5.75 Å². The quantitative estimate of drug-likeness (QED) is 0.702. The van der Waals surface area contributed by atoms with Gasteiger partial charge in [-0.15, -0.1) is 11.8 Å². The van der Waals surface area contributed by atoms with Crippen LogP contribution in [0.3, 0.4) is 0 Å². The molecule has 1 unspecified atom stereocenters. The molecule has 2 amide bonds. The lowest BCUT2D eigenvalue weighted by Crippen LogP contribution is -2.40. The molecular formula is C22H27N3O2S. The fraction of sp³-hybridized carbons (Fsp3) is 0.364. The number of thioether (sulfide) groups is 1. The summed E-state index contributed by atoms with van der Waals surface area (Å²) >= 11 is 1.53. The molecule has 1 heterocycles. The van der Waals surface area contributed by atoms with Crippen molar-refractivity contribution >= 4 is 29.3 Å². The van der Waals surface area contributed by atoms with E-state index in [1.165, 1.54) is 17.3 Å². The average molecular weight is 398 g/mol. The summed E-state index contributed by atoms with van der Waals surface area (Å²) in [6.07, 6.45) is 1.89. The molecule has 148 valence electrons. The zero-order valence-electron chi connectivity index (χ0n) is 16.2. The van der Waals surface area contributed by atoms with Gasteiger partial charge in [-0.05, 0) is 56.1 Å². The van der Waals surface area contributed by atoms with E-state index in [4.69, 9.17) is 5.73 Å². The van der Waals surface area contributed by atoms with Gasteiger partial charge in [-0.25, -0.2) is 0 Å². The number of primary amides is 1. The van der Waals surface area contributed by atoms with Gasteiger partial charge in [0.25, 0.3) is 0 Å². The number of benzene rings is 2. The maximum Gasteiger partial charge on any atom is 0.234 e. The van der Waals surface area contributed by atoms with Crippen molar-refractivity contribution < 1.29 is 9.59 Å². The Labute approximate surface area is 170 Å². The average Bonchev–Trinajstić information content (AvgIpc) is 2.69. The molecule has 3 rings (SSSR count). The number of nitrogens with two attached hydrogens (primary N) is 1. The number of nitrogens with zero attached hydrogens (tertiary/aromatic N) is 1. The highest BCUT2D eigenvalue weighted by Crippen LogP contribution is 2.20. The predicted molar refractivity (Wildman–Crippen MR) is 114 cm³/mol. The summed E-state index contributed by atoms with van der Waals surface area (Å²) in [6.45, 7) is 4.55. The molecule has 1 aliphatic heterocycles. The molecular weight excluding hydrogens is 370 g/mol. The first kappa shape index (κ1) is 20.4. The van der Waals surface area contributed by atoms with Crippen LogP contribution in [0.2, 0.25) is 0 Å². The summed E-state index contributed by atoms with van der Waals surface area (Å²) in [7, 11) is 0. The van der Waals surface area contributed by atoms with E-state index in [9.17, 15) is 9.59 Å². The molecule has 2 aromatic rings. The Kier molecular flexibility index (Phi) is 7.12. The molecule has 28 heavy (non-hydrogen) atoms. The Morgan fingerprint density at radius 2 is 1.86 bits per heavy atom. The van der Waals surface area contributed by atoms with Gasteiger partial charge in [-0.1, -0.05) is 29.8 Å². The second-order valence-corrected chi connectivity index (χ2v) is 8.37. The summed E-state index contributed by atoms with van der Waals surface area (Å²) < 4.78 is 0.